The van der Waals surface area contributed by atoms with Gasteiger partial charge in [0.15, 0.2) is 9.84 Å². The van der Waals surface area contributed by atoms with Gasteiger partial charge >= 0.3 is 50.5 Å². The van der Waals surface area contributed by atoms with Gasteiger partial charge in [-0.2, -0.15) is 0 Å². The standard InChI is InChI=1S/C38H60O5S.C37H59NO5S.C4H11N.CH4.I3/c1-8-29-33-22-26(39)18-20-38(33,7)32-19-21-37(6)30(16-17-31(37)34(32)35(29)41)24(2)10-9-11-27(40)23-44(42,43)28-14-12-25(13-15-28)36(3,4)5;1-8-27-31-22-25(39)18-20-37(31,7)30-19-21-36(6)28(16-17-29(36)33(30)34(27)41)23(2)10-9-11-32(40)38-44(42,43)26-14-12-24(13-15-26)35(3,4)5;1-3-5-4-2;;1-3-2/h12-15,24,26,29-35,39,41H,8-11,16-23H2,1-7H3;12-15,23,25,27-31,33-34,39,41H,8-11,16-22H2,1-7H3,(H,38,40);5H,3-4H2,1-2H3;1H4;/q;;;;-1/t24-,26-,29-,30-,31+,32+,33+,34+,35-,37-,38-;23-,25-,27-,28-,29+,30+,31+,33+,34-,36-,37-;;;/m11.../s1. The number of hydrogen-bond donors (Lipinski definition) is 6. The summed E-state index contributed by atoms with van der Waals surface area (Å²) in [7, 11) is -7.53. The molecule has 0 radical (unpaired) electrons. The number of hydrogen-bond acceptors (Lipinski definition) is 11. The van der Waals surface area contributed by atoms with Crippen molar-refractivity contribution in [1.29, 1.82) is 0 Å². The number of sulfone groups is 1. The molecule has 0 aromatic heterocycles. The van der Waals surface area contributed by atoms with Crippen LogP contribution in [0.5, 0.6) is 0 Å². The number of carbonyl (C=O) groups is 2. The summed E-state index contributed by atoms with van der Waals surface area (Å²) in [5.41, 5.74) is 2.78. The first-order chi connectivity index (χ1) is 44.9. The molecule has 558 valence electrons. The first-order valence-corrected chi connectivity index (χ1v) is 53.4. The van der Waals surface area contributed by atoms with Crippen LogP contribution in [-0.4, -0.2) is 92.2 Å². The van der Waals surface area contributed by atoms with E-state index in [0.29, 0.717) is 97.1 Å². The normalized spacial score (nSPS) is 36.6. The van der Waals surface area contributed by atoms with Crippen LogP contribution in [0.3, 0.4) is 0 Å². The zero-order valence-electron chi connectivity index (χ0n) is 61.9. The molecule has 22 atom stereocenters. The second kappa shape index (κ2) is 35.3. The van der Waals surface area contributed by atoms with Gasteiger partial charge in [-0.05, 0) is 273 Å². The van der Waals surface area contributed by atoms with E-state index >= 15 is 0 Å². The van der Waals surface area contributed by atoms with Crippen molar-refractivity contribution in [2.45, 2.75) is 305 Å². The number of Topliss-reactive ketones (excluding diaryl/α,β-unsaturated/α-hetero) is 1. The van der Waals surface area contributed by atoms with Crippen LogP contribution in [0, 0.1) is 105 Å². The quantitative estimate of drug-likeness (QED) is 0.0730. The van der Waals surface area contributed by atoms with E-state index in [1.807, 2.05) is 24.3 Å². The first kappa shape index (κ1) is 85.4. The molecule has 6 N–H and O–H groups in total. The van der Waals surface area contributed by atoms with Gasteiger partial charge in [0.1, 0.15) is 11.5 Å². The number of carbonyl (C=O) groups excluding carboxylic acids is 2. The van der Waals surface area contributed by atoms with E-state index < -0.39 is 31.5 Å². The number of ketones is 1. The molecule has 10 rings (SSSR count). The van der Waals surface area contributed by atoms with Crippen LogP contribution in [0.2, 0.25) is 0 Å². The van der Waals surface area contributed by atoms with Crippen LogP contribution in [0.25, 0.3) is 0 Å². The summed E-state index contributed by atoms with van der Waals surface area (Å²) in [6.07, 6.45) is 19.7. The summed E-state index contributed by atoms with van der Waals surface area (Å²) >= 11 is 5.30. The van der Waals surface area contributed by atoms with E-state index in [0.717, 1.165) is 108 Å². The van der Waals surface area contributed by atoms with Crippen molar-refractivity contribution < 1.29 is 60.1 Å². The molecule has 0 bridgehead atoms. The number of rotatable bonds is 19. The molecule has 2 aromatic carbocycles. The fraction of sp³-hybridized carbons (Fsp3) is 0.825. The molecule has 1 amide bonds. The summed E-state index contributed by atoms with van der Waals surface area (Å²) < 4.78 is 53.9. The maximum absolute atomic E-state index is 13.0. The van der Waals surface area contributed by atoms with Gasteiger partial charge in [0, 0.05) is 12.8 Å². The molecule has 17 heteroatoms. The molecule has 0 unspecified atom stereocenters. The van der Waals surface area contributed by atoms with E-state index in [2.05, 4.69) is 158 Å². The third-order valence-corrected chi connectivity index (χ3v) is 30.8. The summed E-state index contributed by atoms with van der Waals surface area (Å²) in [6.45, 7) is 38.0. The van der Waals surface area contributed by atoms with Crippen molar-refractivity contribution >= 4 is 68.8 Å². The Kier molecular flexibility index (Phi) is 31.0. The van der Waals surface area contributed by atoms with Crippen LogP contribution in [0.15, 0.2) is 58.3 Å². The molecule has 8 aliphatic rings. The van der Waals surface area contributed by atoms with Crippen LogP contribution >= 0.6 is 37.2 Å². The Morgan fingerprint density at radius 1 is 0.546 bits per heavy atom. The van der Waals surface area contributed by atoms with E-state index in [4.69, 9.17) is 0 Å². The molecule has 97 heavy (non-hydrogen) atoms. The van der Waals surface area contributed by atoms with Crippen molar-refractivity contribution in [3.63, 3.8) is 0 Å². The van der Waals surface area contributed by atoms with Crippen molar-refractivity contribution in [3.05, 3.63) is 59.7 Å². The van der Waals surface area contributed by atoms with Gasteiger partial charge in [-0.1, -0.05) is 162 Å². The zero-order valence-corrected chi connectivity index (χ0v) is 70.0. The first-order valence-electron chi connectivity index (χ1n) is 37.7. The molecule has 0 aliphatic heterocycles. The summed E-state index contributed by atoms with van der Waals surface area (Å²) in [5.74, 6) is 5.11. The molecular formula is C80H134I3N2O10S2-. The molecule has 8 aliphatic carbocycles. The van der Waals surface area contributed by atoms with Gasteiger partial charge in [0.2, 0.25) is 5.91 Å². The van der Waals surface area contributed by atoms with Crippen molar-refractivity contribution in [3.8, 4) is 0 Å². The number of fused-ring (bicyclic) bond motifs is 10. The number of nitrogens with one attached hydrogen (secondary N) is 2. The SMILES string of the molecule is C.CCNCC.CC[C@H]1[C@@H](O)[C@@H]2[C@H](CC[C@]3(C)[C@@H]([C@H](C)CCCC(=O)CS(=O)(=O)c4ccc(C(C)(C)C)cc4)CC[C@@H]23)[C@@]2(C)CC[C@@H](O)C[C@@H]12.CC[C@H]1[C@@H](O)[C@@H]2[C@H](CC[C@]3(C)[C@@H]([C@H](C)CCCC(=O)NS(=O)(=O)c4ccc(C(C)(C)C)cc4)CC[C@@H]23)[C@@]2(C)CC[C@@H](O)C[C@@H]12.I[I-]I. The predicted molar refractivity (Wildman–Crippen MR) is 411 cm³/mol. The minimum atomic E-state index is -3.89. The van der Waals surface area contributed by atoms with Crippen LogP contribution in [-0.2, 0) is 40.3 Å². The Morgan fingerprint density at radius 3 is 1.27 bits per heavy atom. The fourth-order valence-electron chi connectivity index (χ4n) is 22.6. The number of halogens is 3. The Labute approximate surface area is 620 Å². The average Bonchev–Trinajstić information content (AvgIpc) is 1.70. The minimum absolute atomic E-state index is 0. The van der Waals surface area contributed by atoms with E-state index in [-0.39, 0.29) is 98.2 Å². The van der Waals surface area contributed by atoms with Gasteiger partial charge in [0.05, 0.1) is 34.2 Å². The zero-order chi connectivity index (χ0) is 71.3. The van der Waals surface area contributed by atoms with Gasteiger partial charge < -0.3 is 25.7 Å². The molecule has 8 saturated carbocycles. The Hall–Kier alpha value is -0.530. The predicted octanol–water partition coefficient (Wildman–Crippen LogP) is 15.0. The van der Waals surface area contributed by atoms with Gasteiger partial charge in [-0.3, -0.25) is 9.59 Å². The summed E-state index contributed by atoms with van der Waals surface area (Å²) in [6, 6.07) is 13.8. The molecule has 0 spiro atoms. The Bertz CT molecular complexity index is 2870. The Morgan fingerprint density at radius 2 is 0.907 bits per heavy atom. The van der Waals surface area contributed by atoms with Crippen molar-refractivity contribution in [2.24, 2.45) is 105 Å². The maximum atomic E-state index is 13.0. The molecular weight excluding hydrogens is 1590 g/mol. The third-order valence-electron chi connectivity index (χ3n) is 27.7. The molecule has 2 aromatic rings. The summed E-state index contributed by atoms with van der Waals surface area (Å²) in [4.78, 5) is 25.9. The molecule has 12 nitrogen and oxygen atoms in total. The number of aliphatic hydroxyl groups is 4. The van der Waals surface area contributed by atoms with Crippen molar-refractivity contribution in [2.75, 3.05) is 18.8 Å². The topological polar surface area (TPSA) is 207 Å². The fourth-order valence-corrected chi connectivity index (χ4v) is 24.9. The molecule has 0 heterocycles. The summed E-state index contributed by atoms with van der Waals surface area (Å²) in [5, 5.41) is 48.1. The van der Waals surface area contributed by atoms with Gasteiger partial charge in [0.25, 0.3) is 10.0 Å². The van der Waals surface area contributed by atoms with Crippen LogP contribution in [0.1, 0.15) is 271 Å². The Balaban J connectivity index is 0.000000273. The number of sulfonamides is 1. The van der Waals surface area contributed by atoms with Gasteiger partial charge in [-0.15, -0.1) is 0 Å². The van der Waals surface area contributed by atoms with E-state index in [1.165, 1.54) is 38.5 Å². The van der Waals surface area contributed by atoms with Gasteiger partial charge in [-0.25, -0.2) is 21.6 Å². The van der Waals surface area contributed by atoms with E-state index in [1.54, 1.807) is 24.3 Å². The van der Waals surface area contributed by atoms with Crippen molar-refractivity contribution in [1.82, 2.24) is 10.0 Å². The number of aliphatic hydroxyl groups excluding tert-OH is 4. The van der Waals surface area contributed by atoms with Crippen LogP contribution < -0.4 is 23.3 Å². The number of amides is 1. The second-order valence-corrected chi connectivity index (χ2v) is 54.8. The van der Waals surface area contributed by atoms with Crippen LogP contribution in [0.4, 0.5) is 0 Å². The second-order valence-electron chi connectivity index (χ2n) is 34.9. The number of benzene rings is 2. The van der Waals surface area contributed by atoms with E-state index in [9.17, 15) is 46.9 Å². The molecule has 8 fully saturated rings. The average molecular weight is 1730 g/mol. The third kappa shape index (κ3) is 19.0. The molecule has 0 saturated heterocycles. The monoisotopic (exact) mass is 1730 g/mol.